The summed E-state index contributed by atoms with van der Waals surface area (Å²) < 4.78 is 10.1. The lowest BCUT2D eigenvalue weighted by atomic mass is 9.99. The van der Waals surface area contributed by atoms with E-state index in [1.54, 1.807) is 4.90 Å². The van der Waals surface area contributed by atoms with Gasteiger partial charge in [0, 0.05) is 18.5 Å². The number of nitrogens with two attached hydrogens (primary N) is 1. The summed E-state index contributed by atoms with van der Waals surface area (Å²) in [6, 6.07) is 0. The molecule has 2 unspecified atom stereocenters. The van der Waals surface area contributed by atoms with Crippen LogP contribution in [0, 0.1) is 5.41 Å². The minimum atomic E-state index is -0.932. The number of methoxy groups -OCH3 is 1. The van der Waals surface area contributed by atoms with Crippen LogP contribution in [0.5, 0.6) is 0 Å². The SMILES string of the molecule is COC(=O)C1(N)CC12CCN(C(=O)OC(C)(C)C)C2. The summed E-state index contributed by atoms with van der Waals surface area (Å²) in [7, 11) is 1.34. The summed E-state index contributed by atoms with van der Waals surface area (Å²) in [5.41, 5.74) is 4.31. The Morgan fingerprint density at radius 1 is 1.32 bits per heavy atom. The molecule has 2 rings (SSSR count). The third-order valence-electron chi connectivity index (χ3n) is 3.99. The Bertz CT molecular complexity index is 417. The second-order valence-corrected chi connectivity index (χ2v) is 6.57. The quantitative estimate of drug-likeness (QED) is 0.715. The fourth-order valence-electron chi connectivity index (χ4n) is 2.82. The molecule has 2 atom stereocenters. The van der Waals surface area contributed by atoms with E-state index in [2.05, 4.69) is 0 Å². The van der Waals surface area contributed by atoms with Gasteiger partial charge in [0.2, 0.25) is 0 Å². The van der Waals surface area contributed by atoms with Crippen molar-refractivity contribution in [3.8, 4) is 0 Å². The van der Waals surface area contributed by atoms with Gasteiger partial charge in [0.1, 0.15) is 11.1 Å². The highest BCUT2D eigenvalue weighted by molar-refractivity contribution is 5.86. The molecule has 108 valence electrons. The van der Waals surface area contributed by atoms with Gasteiger partial charge >= 0.3 is 12.1 Å². The molecule has 1 saturated carbocycles. The molecule has 0 radical (unpaired) electrons. The number of likely N-dealkylation sites (tertiary alicyclic amines) is 1. The van der Waals surface area contributed by atoms with Crippen LogP contribution in [0.1, 0.15) is 33.6 Å². The maximum atomic E-state index is 12.0. The summed E-state index contributed by atoms with van der Waals surface area (Å²) >= 11 is 0. The number of amides is 1. The molecule has 1 amide bonds. The maximum absolute atomic E-state index is 12.0. The molecular formula is C13H22N2O4. The second kappa shape index (κ2) is 4.10. The van der Waals surface area contributed by atoms with Crippen molar-refractivity contribution >= 4 is 12.1 Å². The van der Waals surface area contributed by atoms with Crippen LogP contribution in [0.25, 0.3) is 0 Å². The average Bonchev–Trinajstić information content (AvgIpc) is 2.69. The van der Waals surface area contributed by atoms with Crippen molar-refractivity contribution in [1.29, 1.82) is 0 Å². The lowest BCUT2D eigenvalue weighted by Crippen LogP contribution is -2.42. The van der Waals surface area contributed by atoms with E-state index < -0.39 is 17.1 Å². The first-order valence-electron chi connectivity index (χ1n) is 6.49. The van der Waals surface area contributed by atoms with E-state index >= 15 is 0 Å². The molecular weight excluding hydrogens is 248 g/mol. The first-order valence-corrected chi connectivity index (χ1v) is 6.49. The van der Waals surface area contributed by atoms with Gasteiger partial charge in [-0.15, -0.1) is 0 Å². The summed E-state index contributed by atoms with van der Waals surface area (Å²) in [4.78, 5) is 25.3. The van der Waals surface area contributed by atoms with E-state index in [-0.39, 0.29) is 11.5 Å². The number of hydrogen-bond acceptors (Lipinski definition) is 5. The summed E-state index contributed by atoms with van der Waals surface area (Å²) in [5, 5.41) is 0. The van der Waals surface area contributed by atoms with Crippen LogP contribution < -0.4 is 5.73 Å². The van der Waals surface area contributed by atoms with Crippen molar-refractivity contribution in [3.05, 3.63) is 0 Å². The van der Waals surface area contributed by atoms with E-state index in [1.807, 2.05) is 20.8 Å². The standard InChI is InChI=1S/C13H22N2O4/c1-11(2,3)19-10(17)15-6-5-12(8-15)7-13(12,14)9(16)18-4/h5-8,14H2,1-4H3. The van der Waals surface area contributed by atoms with Crippen LogP contribution in [0.4, 0.5) is 4.79 Å². The first kappa shape index (κ1) is 14.1. The third-order valence-corrected chi connectivity index (χ3v) is 3.99. The molecule has 1 heterocycles. The molecule has 2 N–H and O–H groups in total. The third kappa shape index (κ3) is 2.29. The fraction of sp³-hybridized carbons (Fsp3) is 0.846. The number of carbonyl (C=O) groups is 2. The first-order chi connectivity index (χ1) is 8.63. The largest absolute Gasteiger partial charge is 0.468 e. The van der Waals surface area contributed by atoms with Gasteiger partial charge in [0.05, 0.1) is 7.11 Å². The normalized spacial score (nSPS) is 33.4. The second-order valence-electron chi connectivity index (χ2n) is 6.57. The molecule has 6 nitrogen and oxygen atoms in total. The van der Waals surface area contributed by atoms with Crippen molar-refractivity contribution in [2.75, 3.05) is 20.2 Å². The number of esters is 1. The summed E-state index contributed by atoms with van der Waals surface area (Å²) in [6.07, 6.45) is 0.951. The zero-order valence-electron chi connectivity index (χ0n) is 12.0. The van der Waals surface area contributed by atoms with Crippen LogP contribution in [0.3, 0.4) is 0 Å². The molecule has 6 heteroatoms. The summed E-state index contributed by atoms with van der Waals surface area (Å²) in [5.74, 6) is -0.390. The molecule has 19 heavy (non-hydrogen) atoms. The maximum Gasteiger partial charge on any atom is 0.410 e. The highest BCUT2D eigenvalue weighted by Gasteiger charge is 2.72. The topological polar surface area (TPSA) is 81.9 Å². The highest BCUT2D eigenvalue weighted by atomic mass is 16.6. The van der Waals surface area contributed by atoms with Gasteiger partial charge in [-0.2, -0.15) is 0 Å². The predicted molar refractivity (Wildman–Crippen MR) is 68.4 cm³/mol. The van der Waals surface area contributed by atoms with Gasteiger partial charge in [-0.25, -0.2) is 4.79 Å². The monoisotopic (exact) mass is 270 g/mol. The summed E-state index contributed by atoms with van der Waals surface area (Å²) in [6.45, 7) is 6.53. The van der Waals surface area contributed by atoms with Gasteiger partial charge in [0.25, 0.3) is 0 Å². The fourth-order valence-corrected chi connectivity index (χ4v) is 2.82. The molecule has 2 fully saturated rings. The lowest BCUT2D eigenvalue weighted by Gasteiger charge is -2.24. The zero-order chi connectivity index (χ0) is 14.5. The van der Waals surface area contributed by atoms with Crippen molar-refractivity contribution in [1.82, 2.24) is 4.90 Å². The molecule has 1 saturated heterocycles. The number of rotatable bonds is 1. The number of hydrogen-bond donors (Lipinski definition) is 1. The molecule has 0 aromatic heterocycles. The van der Waals surface area contributed by atoms with Gasteiger partial charge in [-0.1, -0.05) is 0 Å². The Balaban J connectivity index is 1.99. The molecule has 1 aliphatic heterocycles. The van der Waals surface area contributed by atoms with Crippen LogP contribution in [0.15, 0.2) is 0 Å². The van der Waals surface area contributed by atoms with E-state index in [9.17, 15) is 9.59 Å². The zero-order valence-corrected chi connectivity index (χ0v) is 12.0. The van der Waals surface area contributed by atoms with Crippen molar-refractivity contribution in [2.24, 2.45) is 11.1 Å². The molecule has 0 aromatic carbocycles. The predicted octanol–water partition coefficient (Wildman–Crippen LogP) is 0.888. The lowest BCUT2D eigenvalue weighted by molar-refractivity contribution is -0.144. The molecule has 1 aliphatic carbocycles. The number of ether oxygens (including phenoxy) is 2. The van der Waals surface area contributed by atoms with E-state index in [4.69, 9.17) is 15.2 Å². The average molecular weight is 270 g/mol. The van der Waals surface area contributed by atoms with Crippen molar-refractivity contribution < 1.29 is 19.1 Å². The van der Waals surface area contributed by atoms with Crippen molar-refractivity contribution in [2.45, 2.75) is 44.8 Å². The smallest absolute Gasteiger partial charge is 0.410 e. The van der Waals surface area contributed by atoms with Crippen LogP contribution in [-0.2, 0) is 14.3 Å². The van der Waals surface area contributed by atoms with Gasteiger partial charge in [-0.05, 0) is 33.6 Å². The van der Waals surface area contributed by atoms with Gasteiger partial charge < -0.3 is 20.1 Å². The van der Waals surface area contributed by atoms with Gasteiger partial charge in [-0.3, -0.25) is 4.79 Å². The van der Waals surface area contributed by atoms with Crippen LogP contribution in [0.2, 0.25) is 0 Å². The highest BCUT2D eigenvalue weighted by Crippen LogP contribution is 2.60. The Kier molecular flexibility index (Phi) is 3.04. The number of carbonyl (C=O) groups excluding carboxylic acids is 2. The van der Waals surface area contributed by atoms with E-state index in [0.29, 0.717) is 19.5 Å². The van der Waals surface area contributed by atoms with E-state index in [0.717, 1.165) is 6.42 Å². The van der Waals surface area contributed by atoms with Crippen molar-refractivity contribution in [3.63, 3.8) is 0 Å². The molecule has 0 aromatic rings. The molecule has 1 spiro atoms. The molecule has 2 aliphatic rings. The Hall–Kier alpha value is -1.30. The van der Waals surface area contributed by atoms with Crippen LogP contribution in [-0.4, -0.2) is 48.3 Å². The Morgan fingerprint density at radius 2 is 1.95 bits per heavy atom. The Labute approximate surface area is 113 Å². The minimum Gasteiger partial charge on any atom is -0.468 e. The van der Waals surface area contributed by atoms with Crippen LogP contribution >= 0.6 is 0 Å². The minimum absolute atomic E-state index is 0.322. The molecule has 0 bridgehead atoms. The number of nitrogens with zero attached hydrogens (tertiary/aromatic N) is 1. The van der Waals surface area contributed by atoms with E-state index in [1.165, 1.54) is 7.11 Å². The van der Waals surface area contributed by atoms with Gasteiger partial charge in [0.15, 0.2) is 0 Å². The Morgan fingerprint density at radius 3 is 2.47 bits per heavy atom.